The zero-order valence-electron chi connectivity index (χ0n) is 12.8. The number of carboxylic acids is 1. The first-order chi connectivity index (χ1) is 11.1. The van der Waals surface area contributed by atoms with Gasteiger partial charge in [0.25, 0.3) is 0 Å². The number of aromatic nitrogens is 1. The van der Waals surface area contributed by atoms with Gasteiger partial charge in [-0.15, -0.1) is 11.3 Å². The smallest absolute Gasteiger partial charge is 0.355 e. The summed E-state index contributed by atoms with van der Waals surface area (Å²) in [5.41, 5.74) is 1.39. The molecule has 1 unspecified atom stereocenters. The van der Waals surface area contributed by atoms with E-state index in [0.717, 1.165) is 37.5 Å². The maximum Gasteiger partial charge on any atom is 0.355 e. The zero-order chi connectivity index (χ0) is 16.2. The molecule has 2 heterocycles. The number of nitrogens with zero attached hydrogens (tertiary/aromatic N) is 2. The lowest BCUT2D eigenvalue weighted by Crippen LogP contribution is -2.35. The minimum atomic E-state index is -0.962. The van der Waals surface area contributed by atoms with Crippen LogP contribution in [0.15, 0.2) is 29.6 Å². The number of phenols is 1. The molecule has 0 saturated carbocycles. The second-order valence-corrected chi connectivity index (χ2v) is 6.99. The van der Waals surface area contributed by atoms with Crippen molar-refractivity contribution in [3.8, 4) is 5.75 Å². The molecule has 2 aromatic rings. The molecule has 0 aliphatic carbocycles. The molecular formula is C17H20N2O3S. The fourth-order valence-electron chi connectivity index (χ4n) is 3.10. The first-order valence-corrected chi connectivity index (χ1v) is 8.66. The van der Waals surface area contributed by atoms with Crippen LogP contribution in [0.2, 0.25) is 0 Å². The summed E-state index contributed by atoms with van der Waals surface area (Å²) in [5.74, 6) is -0.0689. The number of carboxylic acid groups (broad SMARTS) is 1. The van der Waals surface area contributed by atoms with Crippen molar-refractivity contribution in [1.29, 1.82) is 0 Å². The lowest BCUT2D eigenvalue weighted by molar-refractivity contribution is 0.0690. The SMILES string of the molecule is O=C(O)c1csc(CN2CCCC(Cc3ccc(O)cc3)C2)n1. The number of likely N-dealkylation sites (tertiary alicyclic amines) is 1. The topological polar surface area (TPSA) is 73.7 Å². The molecule has 0 radical (unpaired) electrons. The van der Waals surface area contributed by atoms with Gasteiger partial charge >= 0.3 is 5.97 Å². The predicted octanol–water partition coefficient (Wildman–Crippen LogP) is 3.00. The summed E-state index contributed by atoms with van der Waals surface area (Å²) in [4.78, 5) is 17.4. The lowest BCUT2D eigenvalue weighted by Gasteiger charge is -2.32. The second-order valence-electron chi connectivity index (χ2n) is 6.05. The molecular weight excluding hydrogens is 312 g/mol. The first-order valence-electron chi connectivity index (χ1n) is 7.78. The monoisotopic (exact) mass is 332 g/mol. The zero-order valence-corrected chi connectivity index (χ0v) is 13.6. The van der Waals surface area contributed by atoms with Crippen LogP contribution in [0.3, 0.4) is 0 Å². The van der Waals surface area contributed by atoms with Gasteiger partial charge in [-0.3, -0.25) is 4.90 Å². The van der Waals surface area contributed by atoms with E-state index >= 15 is 0 Å². The average Bonchev–Trinajstić information content (AvgIpc) is 2.99. The summed E-state index contributed by atoms with van der Waals surface area (Å²) < 4.78 is 0. The van der Waals surface area contributed by atoms with Crippen molar-refractivity contribution < 1.29 is 15.0 Å². The molecule has 122 valence electrons. The van der Waals surface area contributed by atoms with Crippen LogP contribution in [-0.2, 0) is 13.0 Å². The number of carbonyl (C=O) groups is 1. The van der Waals surface area contributed by atoms with Gasteiger partial charge in [-0.1, -0.05) is 12.1 Å². The van der Waals surface area contributed by atoms with Gasteiger partial charge in [0.15, 0.2) is 5.69 Å². The highest BCUT2D eigenvalue weighted by Gasteiger charge is 2.21. The number of rotatable bonds is 5. The highest BCUT2D eigenvalue weighted by molar-refractivity contribution is 7.09. The number of hydrogen-bond acceptors (Lipinski definition) is 5. The average molecular weight is 332 g/mol. The van der Waals surface area contributed by atoms with Crippen LogP contribution >= 0.6 is 11.3 Å². The second kappa shape index (κ2) is 7.10. The molecule has 1 aromatic heterocycles. The van der Waals surface area contributed by atoms with Crippen LogP contribution in [0, 0.1) is 5.92 Å². The molecule has 1 aliphatic heterocycles. The van der Waals surface area contributed by atoms with Gasteiger partial charge in [0, 0.05) is 11.9 Å². The molecule has 1 saturated heterocycles. The van der Waals surface area contributed by atoms with E-state index in [1.807, 2.05) is 12.1 Å². The van der Waals surface area contributed by atoms with Crippen LogP contribution < -0.4 is 0 Å². The van der Waals surface area contributed by atoms with Crippen molar-refractivity contribution in [2.45, 2.75) is 25.8 Å². The summed E-state index contributed by atoms with van der Waals surface area (Å²) in [6.45, 7) is 2.76. The van der Waals surface area contributed by atoms with E-state index in [1.165, 1.54) is 23.3 Å². The van der Waals surface area contributed by atoms with Crippen molar-refractivity contribution in [2.24, 2.45) is 5.92 Å². The predicted molar refractivity (Wildman–Crippen MR) is 88.9 cm³/mol. The van der Waals surface area contributed by atoms with E-state index in [4.69, 9.17) is 5.11 Å². The summed E-state index contributed by atoms with van der Waals surface area (Å²) in [6, 6.07) is 7.43. The Balaban J connectivity index is 1.57. The summed E-state index contributed by atoms with van der Waals surface area (Å²) >= 11 is 1.42. The number of thiazole rings is 1. The molecule has 1 aromatic carbocycles. The van der Waals surface area contributed by atoms with Crippen LogP contribution in [0.5, 0.6) is 5.75 Å². The Morgan fingerprint density at radius 3 is 2.83 bits per heavy atom. The number of hydrogen-bond donors (Lipinski definition) is 2. The van der Waals surface area contributed by atoms with Gasteiger partial charge in [0.05, 0.1) is 6.54 Å². The van der Waals surface area contributed by atoms with Crippen molar-refractivity contribution in [1.82, 2.24) is 9.88 Å². The Bertz CT molecular complexity index is 669. The molecule has 0 spiro atoms. The Morgan fingerprint density at radius 1 is 1.35 bits per heavy atom. The molecule has 0 amide bonds. The minimum absolute atomic E-state index is 0.141. The number of piperidine rings is 1. The Kier molecular flexibility index (Phi) is 4.93. The van der Waals surface area contributed by atoms with E-state index in [1.54, 1.807) is 17.5 Å². The molecule has 6 heteroatoms. The summed E-state index contributed by atoms with van der Waals surface area (Å²) in [5, 5.41) is 20.8. The third kappa shape index (κ3) is 4.30. The Hall–Kier alpha value is -1.92. The fourth-order valence-corrected chi connectivity index (χ4v) is 3.91. The molecule has 0 bridgehead atoms. The third-order valence-electron chi connectivity index (χ3n) is 4.19. The molecule has 5 nitrogen and oxygen atoms in total. The molecule has 23 heavy (non-hydrogen) atoms. The van der Waals surface area contributed by atoms with Crippen LogP contribution in [0.25, 0.3) is 0 Å². The van der Waals surface area contributed by atoms with Gasteiger partial charge in [-0.05, 0) is 49.4 Å². The van der Waals surface area contributed by atoms with Crippen molar-refractivity contribution in [2.75, 3.05) is 13.1 Å². The van der Waals surface area contributed by atoms with Crippen molar-refractivity contribution >= 4 is 17.3 Å². The van der Waals surface area contributed by atoms with Crippen LogP contribution in [-0.4, -0.2) is 39.2 Å². The van der Waals surface area contributed by atoms with E-state index in [2.05, 4.69) is 9.88 Å². The van der Waals surface area contributed by atoms with E-state index < -0.39 is 5.97 Å². The molecule has 1 fully saturated rings. The Labute approximate surface area is 139 Å². The molecule has 3 rings (SSSR count). The Morgan fingerprint density at radius 2 is 2.13 bits per heavy atom. The van der Waals surface area contributed by atoms with Crippen LogP contribution in [0.1, 0.15) is 33.9 Å². The maximum atomic E-state index is 10.9. The normalized spacial score (nSPS) is 18.9. The molecule has 1 atom stereocenters. The van der Waals surface area contributed by atoms with Gasteiger partial charge in [-0.25, -0.2) is 9.78 Å². The number of aromatic hydroxyl groups is 1. The first kappa shape index (κ1) is 16.0. The van der Waals surface area contributed by atoms with E-state index in [0.29, 0.717) is 11.7 Å². The lowest BCUT2D eigenvalue weighted by atomic mass is 9.91. The molecule has 2 N–H and O–H groups in total. The number of phenolic OH excluding ortho intramolecular Hbond substituents is 1. The van der Waals surface area contributed by atoms with Crippen LogP contribution in [0.4, 0.5) is 0 Å². The number of benzene rings is 1. The summed E-state index contributed by atoms with van der Waals surface area (Å²) in [7, 11) is 0. The minimum Gasteiger partial charge on any atom is -0.508 e. The van der Waals surface area contributed by atoms with Crippen molar-refractivity contribution in [3.05, 3.63) is 45.9 Å². The van der Waals surface area contributed by atoms with Crippen molar-refractivity contribution in [3.63, 3.8) is 0 Å². The van der Waals surface area contributed by atoms with E-state index in [-0.39, 0.29) is 5.69 Å². The highest BCUT2D eigenvalue weighted by atomic mass is 32.1. The third-order valence-corrected chi connectivity index (χ3v) is 5.03. The van der Waals surface area contributed by atoms with Gasteiger partial charge in [0.1, 0.15) is 10.8 Å². The quantitative estimate of drug-likeness (QED) is 0.880. The summed E-state index contributed by atoms with van der Waals surface area (Å²) in [6.07, 6.45) is 3.37. The molecule has 1 aliphatic rings. The standard InChI is InChI=1S/C17H20N2O3S/c20-14-5-3-12(4-6-14)8-13-2-1-7-19(9-13)10-16-18-15(11-23-16)17(21)22/h3-6,11,13,20H,1-2,7-10H2,(H,21,22). The van der Waals surface area contributed by atoms with Gasteiger partial charge in [0.2, 0.25) is 0 Å². The van der Waals surface area contributed by atoms with E-state index in [9.17, 15) is 9.90 Å². The maximum absolute atomic E-state index is 10.9. The fraction of sp³-hybridized carbons (Fsp3) is 0.412. The largest absolute Gasteiger partial charge is 0.508 e. The van der Waals surface area contributed by atoms with Gasteiger partial charge in [-0.2, -0.15) is 0 Å². The highest BCUT2D eigenvalue weighted by Crippen LogP contribution is 2.24. The number of aromatic carboxylic acids is 1. The van der Waals surface area contributed by atoms with Gasteiger partial charge < -0.3 is 10.2 Å².